The van der Waals surface area contributed by atoms with Gasteiger partial charge in [-0.25, -0.2) is 8.42 Å². The molecule has 5 rings (SSSR count). The van der Waals surface area contributed by atoms with Gasteiger partial charge in [-0.1, -0.05) is 79.7 Å². The van der Waals surface area contributed by atoms with Crippen LogP contribution in [0.15, 0.2) is 89.8 Å². The smallest absolute Gasteiger partial charge is 0.243 e. The standard InChI is InChI=1S/C29H33N3O3S/c1-2-23-13-15-26(16-14-23)36(34,35)32-19-17-29(18-20-32)30-27(33)28(31-29,21-24-9-5-3-6-10-24)22-25-11-7-4-8-12-25/h3-16,31H,2,17-22H2,1H3,(H,30,33). The molecule has 0 atom stereocenters. The van der Waals surface area contributed by atoms with Crippen LogP contribution < -0.4 is 10.6 Å². The van der Waals surface area contributed by atoms with Gasteiger partial charge in [0.2, 0.25) is 15.9 Å². The van der Waals surface area contributed by atoms with Crippen molar-refractivity contribution >= 4 is 15.9 Å². The summed E-state index contributed by atoms with van der Waals surface area (Å²) in [6.45, 7) is 2.74. The lowest BCUT2D eigenvalue weighted by atomic mass is 9.84. The number of amides is 1. The van der Waals surface area contributed by atoms with Crippen molar-refractivity contribution in [2.45, 2.75) is 55.1 Å². The van der Waals surface area contributed by atoms with Gasteiger partial charge in [0.05, 0.1) is 10.6 Å². The second-order valence-corrected chi connectivity index (χ2v) is 11.9. The van der Waals surface area contributed by atoms with Crippen molar-refractivity contribution in [1.82, 2.24) is 14.9 Å². The van der Waals surface area contributed by atoms with Crippen molar-refractivity contribution in [3.05, 3.63) is 102 Å². The van der Waals surface area contributed by atoms with Gasteiger partial charge in [0.25, 0.3) is 0 Å². The van der Waals surface area contributed by atoms with E-state index in [9.17, 15) is 13.2 Å². The third kappa shape index (κ3) is 4.83. The fourth-order valence-corrected chi connectivity index (χ4v) is 6.93. The van der Waals surface area contributed by atoms with E-state index < -0.39 is 21.2 Å². The molecule has 188 valence electrons. The minimum Gasteiger partial charge on any atom is -0.336 e. The van der Waals surface area contributed by atoms with Crippen molar-refractivity contribution < 1.29 is 13.2 Å². The molecule has 0 radical (unpaired) electrons. The maximum Gasteiger partial charge on any atom is 0.243 e. The Labute approximate surface area is 213 Å². The predicted octanol–water partition coefficient (Wildman–Crippen LogP) is 3.67. The summed E-state index contributed by atoms with van der Waals surface area (Å²) in [5.74, 6) is -0.0262. The lowest BCUT2D eigenvalue weighted by molar-refractivity contribution is -0.124. The van der Waals surface area contributed by atoms with Gasteiger partial charge in [0, 0.05) is 13.1 Å². The molecule has 36 heavy (non-hydrogen) atoms. The summed E-state index contributed by atoms with van der Waals surface area (Å²) in [5.41, 5.74) is 1.85. The number of piperidine rings is 1. The average Bonchev–Trinajstić information content (AvgIpc) is 3.15. The first-order chi connectivity index (χ1) is 17.3. The molecule has 2 N–H and O–H groups in total. The first-order valence-corrected chi connectivity index (χ1v) is 14.1. The quantitative estimate of drug-likeness (QED) is 0.516. The van der Waals surface area contributed by atoms with Crippen molar-refractivity contribution in [3.8, 4) is 0 Å². The van der Waals surface area contributed by atoms with Crippen LogP contribution in [0.3, 0.4) is 0 Å². The molecule has 0 bridgehead atoms. The number of aryl methyl sites for hydroxylation is 1. The topological polar surface area (TPSA) is 78.5 Å². The summed E-state index contributed by atoms with van der Waals surface area (Å²) in [6, 6.07) is 27.2. The minimum atomic E-state index is -3.58. The fourth-order valence-electron chi connectivity index (χ4n) is 5.49. The molecule has 6 nitrogen and oxygen atoms in total. The first-order valence-electron chi connectivity index (χ1n) is 12.6. The number of hydrogen-bond acceptors (Lipinski definition) is 4. The first kappa shape index (κ1) is 24.7. The van der Waals surface area contributed by atoms with Crippen LogP contribution in [0.5, 0.6) is 0 Å². The van der Waals surface area contributed by atoms with E-state index in [0.717, 1.165) is 23.1 Å². The second kappa shape index (κ2) is 9.81. The molecule has 2 fully saturated rings. The molecule has 2 aliphatic rings. The van der Waals surface area contributed by atoms with Crippen LogP contribution in [0.2, 0.25) is 0 Å². The third-order valence-corrected chi connectivity index (χ3v) is 9.42. The van der Waals surface area contributed by atoms with Crippen LogP contribution in [0.1, 0.15) is 36.5 Å². The Morgan fingerprint density at radius 2 is 1.31 bits per heavy atom. The van der Waals surface area contributed by atoms with Crippen LogP contribution >= 0.6 is 0 Å². The Balaban J connectivity index is 1.36. The average molecular weight is 504 g/mol. The van der Waals surface area contributed by atoms with Crippen molar-refractivity contribution in [3.63, 3.8) is 0 Å². The number of carbonyl (C=O) groups excluding carboxylic acids is 1. The van der Waals surface area contributed by atoms with Crippen LogP contribution in [-0.2, 0) is 34.1 Å². The number of sulfonamides is 1. The molecule has 2 heterocycles. The van der Waals surface area contributed by atoms with Gasteiger partial charge in [-0.05, 0) is 60.9 Å². The van der Waals surface area contributed by atoms with Crippen molar-refractivity contribution in [2.24, 2.45) is 0 Å². The van der Waals surface area contributed by atoms with Crippen LogP contribution in [0.4, 0.5) is 0 Å². The van der Waals surface area contributed by atoms with Gasteiger partial charge in [0.15, 0.2) is 0 Å². The summed E-state index contributed by atoms with van der Waals surface area (Å²) in [7, 11) is -3.58. The lowest BCUT2D eigenvalue weighted by Gasteiger charge is -2.40. The van der Waals surface area contributed by atoms with E-state index in [1.165, 1.54) is 0 Å². The molecular formula is C29H33N3O3S. The van der Waals surface area contributed by atoms with Crippen molar-refractivity contribution in [2.75, 3.05) is 13.1 Å². The molecule has 0 unspecified atom stereocenters. The Hall–Kier alpha value is -3.00. The Kier molecular flexibility index (Phi) is 6.72. The highest BCUT2D eigenvalue weighted by Crippen LogP contribution is 2.34. The van der Waals surface area contributed by atoms with E-state index in [1.807, 2.05) is 79.7 Å². The highest BCUT2D eigenvalue weighted by atomic mass is 32.2. The number of carbonyl (C=O) groups is 1. The molecule has 2 aliphatic heterocycles. The zero-order valence-electron chi connectivity index (χ0n) is 20.6. The number of rotatable bonds is 7. The van der Waals surface area contributed by atoms with E-state index in [-0.39, 0.29) is 5.91 Å². The molecule has 3 aromatic rings. The fraction of sp³-hybridized carbons (Fsp3) is 0.345. The molecule has 0 aliphatic carbocycles. The summed E-state index contributed by atoms with van der Waals surface area (Å²) >= 11 is 0. The molecule has 2 saturated heterocycles. The number of nitrogens with zero attached hydrogens (tertiary/aromatic N) is 1. The molecule has 1 spiro atoms. The number of hydrogen-bond donors (Lipinski definition) is 2. The van der Waals surface area contributed by atoms with Crippen LogP contribution in [-0.4, -0.2) is 42.9 Å². The van der Waals surface area contributed by atoms with Gasteiger partial charge in [0.1, 0.15) is 5.54 Å². The largest absolute Gasteiger partial charge is 0.336 e. The maximum atomic E-state index is 13.6. The zero-order valence-corrected chi connectivity index (χ0v) is 21.4. The van der Waals surface area contributed by atoms with Gasteiger partial charge in [-0.3, -0.25) is 10.1 Å². The summed E-state index contributed by atoms with van der Waals surface area (Å²) < 4.78 is 28.1. The molecule has 0 saturated carbocycles. The summed E-state index contributed by atoms with van der Waals surface area (Å²) in [5, 5.41) is 6.97. The van der Waals surface area contributed by atoms with E-state index in [2.05, 4.69) is 10.6 Å². The molecule has 1 amide bonds. The minimum absolute atomic E-state index is 0.0262. The highest BCUT2D eigenvalue weighted by Gasteiger charge is 2.54. The van der Waals surface area contributed by atoms with Crippen LogP contribution in [0, 0.1) is 0 Å². The summed E-state index contributed by atoms with van der Waals surface area (Å²) in [4.78, 5) is 14.0. The van der Waals surface area contributed by atoms with Crippen LogP contribution in [0.25, 0.3) is 0 Å². The van der Waals surface area contributed by atoms with Gasteiger partial charge in [-0.15, -0.1) is 0 Å². The number of nitrogens with one attached hydrogen (secondary N) is 2. The normalized spacial score (nSPS) is 19.3. The lowest BCUT2D eigenvalue weighted by Crippen LogP contribution is -2.60. The monoisotopic (exact) mass is 503 g/mol. The Bertz CT molecular complexity index is 1260. The van der Waals surface area contributed by atoms with E-state index in [1.54, 1.807) is 16.4 Å². The Morgan fingerprint density at radius 3 is 1.81 bits per heavy atom. The second-order valence-electron chi connectivity index (χ2n) is 9.97. The van der Waals surface area contributed by atoms with Gasteiger partial charge < -0.3 is 5.32 Å². The zero-order chi connectivity index (χ0) is 25.2. The number of benzene rings is 3. The van der Waals surface area contributed by atoms with Gasteiger partial charge in [-0.2, -0.15) is 4.31 Å². The van der Waals surface area contributed by atoms with Crippen molar-refractivity contribution in [1.29, 1.82) is 0 Å². The van der Waals surface area contributed by atoms with E-state index in [0.29, 0.717) is 43.7 Å². The van der Waals surface area contributed by atoms with E-state index in [4.69, 9.17) is 0 Å². The summed E-state index contributed by atoms with van der Waals surface area (Å²) in [6.07, 6.45) is 3.00. The SMILES string of the molecule is CCc1ccc(S(=O)(=O)N2CCC3(CC2)NC(=O)C(Cc2ccccc2)(Cc2ccccc2)N3)cc1. The van der Waals surface area contributed by atoms with Gasteiger partial charge >= 0.3 is 0 Å². The van der Waals surface area contributed by atoms with E-state index >= 15 is 0 Å². The molecular weight excluding hydrogens is 470 g/mol. The predicted molar refractivity (Wildman–Crippen MR) is 141 cm³/mol. The maximum absolute atomic E-state index is 13.6. The highest BCUT2D eigenvalue weighted by molar-refractivity contribution is 7.89. The Morgan fingerprint density at radius 1 is 0.778 bits per heavy atom. The molecule has 3 aromatic carbocycles. The third-order valence-electron chi connectivity index (χ3n) is 7.51. The molecule has 0 aromatic heterocycles. The molecule has 7 heteroatoms.